The van der Waals surface area contributed by atoms with Gasteiger partial charge in [-0.1, -0.05) is 12.1 Å². The standard InChI is InChI=1S/C32H42N4O6/c1-31(2,3)41-29(39)21-12-14-22(15-13-21)34(8)28(38)27-24-10-9-11-25(35-19-18-33(7)20-26(35)37)23(24)16-17-36(27)30(40)42-32(4,5)6/h9-15,27H,16-20H2,1-8H3. The van der Waals surface area contributed by atoms with Crippen molar-refractivity contribution >= 4 is 35.3 Å². The Hall–Kier alpha value is -3.92. The van der Waals surface area contributed by atoms with Crippen LogP contribution in [0.3, 0.4) is 0 Å². The van der Waals surface area contributed by atoms with E-state index in [0.717, 1.165) is 17.8 Å². The number of piperazine rings is 1. The quantitative estimate of drug-likeness (QED) is 0.496. The highest BCUT2D eigenvalue weighted by molar-refractivity contribution is 6.01. The van der Waals surface area contributed by atoms with E-state index >= 15 is 0 Å². The molecule has 1 unspecified atom stereocenters. The summed E-state index contributed by atoms with van der Waals surface area (Å²) in [5.41, 5.74) is 1.86. The molecule has 0 radical (unpaired) electrons. The minimum absolute atomic E-state index is 0.00297. The lowest BCUT2D eigenvalue weighted by Crippen LogP contribution is -2.51. The maximum atomic E-state index is 14.2. The number of ether oxygens (including phenoxy) is 2. The molecule has 0 bridgehead atoms. The van der Waals surface area contributed by atoms with Crippen molar-refractivity contribution < 1.29 is 28.7 Å². The highest BCUT2D eigenvalue weighted by Crippen LogP contribution is 2.38. The van der Waals surface area contributed by atoms with Gasteiger partial charge in [0.05, 0.1) is 12.1 Å². The number of hydrogen-bond acceptors (Lipinski definition) is 7. The summed E-state index contributed by atoms with van der Waals surface area (Å²) in [6, 6.07) is 11.2. The molecule has 2 aliphatic heterocycles. The van der Waals surface area contributed by atoms with E-state index in [2.05, 4.69) is 0 Å². The van der Waals surface area contributed by atoms with Crippen molar-refractivity contribution in [1.82, 2.24) is 9.80 Å². The summed E-state index contributed by atoms with van der Waals surface area (Å²) < 4.78 is 11.2. The van der Waals surface area contributed by atoms with Crippen LogP contribution in [0.5, 0.6) is 0 Å². The second kappa shape index (κ2) is 11.8. The Bertz CT molecular complexity index is 1360. The molecule has 0 aromatic heterocycles. The summed E-state index contributed by atoms with van der Waals surface area (Å²) in [7, 11) is 3.55. The van der Waals surface area contributed by atoms with Crippen LogP contribution in [0.2, 0.25) is 0 Å². The number of carbonyl (C=O) groups excluding carboxylic acids is 4. The number of hydrogen-bond donors (Lipinski definition) is 0. The number of carbonyl (C=O) groups is 4. The van der Waals surface area contributed by atoms with Gasteiger partial charge in [-0.3, -0.25) is 19.4 Å². The van der Waals surface area contributed by atoms with E-state index in [4.69, 9.17) is 9.47 Å². The molecule has 3 amide bonds. The first-order valence-corrected chi connectivity index (χ1v) is 14.3. The number of amides is 3. The summed E-state index contributed by atoms with van der Waals surface area (Å²) in [4.78, 5) is 59.8. The Balaban J connectivity index is 1.69. The Morgan fingerprint density at radius 2 is 1.52 bits per heavy atom. The van der Waals surface area contributed by atoms with Gasteiger partial charge in [-0.05, 0) is 96.5 Å². The Morgan fingerprint density at radius 3 is 2.12 bits per heavy atom. The van der Waals surface area contributed by atoms with Crippen molar-refractivity contribution in [2.75, 3.05) is 50.1 Å². The second-order valence-electron chi connectivity index (χ2n) is 12.9. The van der Waals surface area contributed by atoms with Crippen molar-refractivity contribution in [2.45, 2.75) is 65.2 Å². The lowest BCUT2D eigenvalue weighted by molar-refractivity contribution is -0.124. The van der Waals surface area contributed by atoms with E-state index in [-0.39, 0.29) is 18.4 Å². The summed E-state index contributed by atoms with van der Waals surface area (Å²) >= 11 is 0. The van der Waals surface area contributed by atoms with Gasteiger partial charge >= 0.3 is 12.1 Å². The van der Waals surface area contributed by atoms with Crippen LogP contribution in [0, 0.1) is 0 Å². The molecule has 1 fully saturated rings. The molecular weight excluding hydrogens is 536 g/mol. The van der Waals surface area contributed by atoms with E-state index in [0.29, 0.717) is 36.3 Å². The molecular formula is C32H42N4O6. The van der Waals surface area contributed by atoms with Gasteiger partial charge in [0.1, 0.15) is 17.2 Å². The predicted molar refractivity (Wildman–Crippen MR) is 161 cm³/mol. The zero-order valence-electron chi connectivity index (χ0n) is 25.9. The molecule has 2 aromatic rings. The first-order chi connectivity index (χ1) is 19.6. The van der Waals surface area contributed by atoms with E-state index in [1.54, 1.807) is 77.8 Å². The van der Waals surface area contributed by atoms with Gasteiger partial charge in [0, 0.05) is 38.1 Å². The zero-order valence-corrected chi connectivity index (χ0v) is 25.9. The van der Waals surface area contributed by atoms with Gasteiger partial charge < -0.3 is 19.3 Å². The van der Waals surface area contributed by atoms with Crippen LogP contribution in [-0.2, 0) is 25.5 Å². The summed E-state index contributed by atoms with van der Waals surface area (Å²) in [6.07, 6.45) is -0.108. The normalized spacial score (nSPS) is 17.9. The average Bonchev–Trinajstić information content (AvgIpc) is 2.89. The maximum Gasteiger partial charge on any atom is 0.411 e. The van der Waals surface area contributed by atoms with Crippen LogP contribution < -0.4 is 9.80 Å². The monoisotopic (exact) mass is 578 g/mol. The number of benzene rings is 2. The fraction of sp³-hybridized carbons (Fsp3) is 0.500. The minimum Gasteiger partial charge on any atom is -0.456 e. The second-order valence-corrected chi connectivity index (χ2v) is 12.9. The largest absolute Gasteiger partial charge is 0.456 e. The first kappa shape index (κ1) is 31.0. The van der Waals surface area contributed by atoms with Crippen LogP contribution >= 0.6 is 0 Å². The van der Waals surface area contributed by atoms with Gasteiger partial charge in [0.15, 0.2) is 0 Å². The molecule has 2 aromatic carbocycles. The molecule has 1 saturated heterocycles. The SMILES string of the molecule is CN1CCN(c2cccc3c2CCN(C(=O)OC(C)(C)C)C3C(=O)N(C)c2ccc(C(=O)OC(C)(C)C)cc2)C(=O)C1. The molecule has 2 aliphatic rings. The third kappa shape index (κ3) is 6.92. The molecule has 10 heteroatoms. The van der Waals surface area contributed by atoms with Gasteiger partial charge in [0.2, 0.25) is 5.91 Å². The molecule has 0 saturated carbocycles. The Morgan fingerprint density at radius 1 is 0.881 bits per heavy atom. The third-order valence-electron chi connectivity index (χ3n) is 7.18. The van der Waals surface area contributed by atoms with Crippen molar-refractivity contribution in [3.63, 3.8) is 0 Å². The lowest BCUT2D eigenvalue weighted by atomic mass is 9.89. The number of esters is 1. The van der Waals surface area contributed by atoms with Gasteiger partial charge in [-0.2, -0.15) is 0 Å². The minimum atomic E-state index is -0.971. The van der Waals surface area contributed by atoms with Crippen molar-refractivity contribution in [3.05, 3.63) is 59.2 Å². The highest BCUT2D eigenvalue weighted by Gasteiger charge is 2.41. The van der Waals surface area contributed by atoms with Crippen LogP contribution in [-0.4, -0.2) is 85.2 Å². The number of nitrogens with zero attached hydrogens (tertiary/aromatic N) is 4. The number of likely N-dealkylation sites (N-methyl/N-ethyl adjacent to an activating group) is 2. The smallest absolute Gasteiger partial charge is 0.411 e. The van der Waals surface area contributed by atoms with Crippen molar-refractivity contribution in [1.29, 1.82) is 0 Å². The van der Waals surface area contributed by atoms with E-state index < -0.39 is 29.3 Å². The molecule has 2 heterocycles. The van der Waals surface area contributed by atoms with Crippen molar-refractivity contribution in [2.24, 2.45) is 0 Å². The van der Waals surface area contributed by atoms with Gasteiger partial charge in [-0.15, -0.1) is 0 Å². The lowest BCUT2D eigenvalue weighted by Gasteiger charge is -2.41. The number of fused-ring (bicyclic) bond motifs is 1. The Kier molecular flexibility index (Phi) is 8.68. The van der Waals surface area contributed by atoms with Gasteiger partial charge in [-0.25, -0.2) is 9.59 Å². The van der Waals surface area contributed by atoms with Crippen LogP contribution in [0.1, 0.15) is 69.1 Å². The highest BCUT2D eigenvalue weighted by atomic mass is 16.6. The molecule has 10 nitrogen and oxygen atoms in total. The molecule has 0 aliphatic carbocycles. The number of rotatable bonds is 4. The molecule has 0 spiro atoms. The van der Waals surface area contributed by atoms with Crippen LogP contribution in [0.4, 0.5) is 16.2 Å². The molecule has 0 N–H and O–H groups in total. The fourth-order valence-electron chi connectivity index (χ4n) is 5.20. The molecule has 4 rings (SSSR count). The summed E-state index contributed by atoms with van der Waals surface area (Å²) in [5, 5.41) is 0. The average molecular weight is 579 g/mol. The van der Waals surface area contributed by atoms with E-state index in [9.17, 15) is 19.2 Å². The van der Waals surface area contributed by atoms with Crippen LogP contribution in [0.15, 0.2) is 42.5 Å². The Labute approximate surface area is 248 Å². The maximum absolute atomic E-state index is 14.2. The van der Waals surface area contributed by atoms with E-state index in [1.165, 1.54) is 9.80 Å². The zero-order chi connectivity index (χ0) is 31.0. The molecule has 226 valence electrons. The predicted octanol–water partition coefficient (Wildman–Crippen LogP) is 4.42. The number of anilines is 2. The molecule has 42 heavy (non-hydrogen) atoms. The van der Waals surface area contributed by atoms with E-state index in [1.807, 2.05) is 30.1 Å². The fourth-order valence-corrected chi connectivity index (χ4v) is 5.20. The van der Waals surface area contributed by atoms with Gasteiger partial charge in [0.25, 0.3) is 5.91 Å². The van der Waals surface area contributed by atoms with Crippen LogP contribution in [0.25, 0.3) is 0 Å². The third-order valence-corrected chi connectivity index (χ3v) is 7.18. The topological polar surface area (TPSA) is 99.7 Å². The molecule has 1 atom stereocenters. The summed E-state index contributed by atoms with van der Waals surface area (Å²) in [6.45, 7) is 12.6. The van der Waals surface area contributed by atoms with Crippen molar-refractivity contribution in [3.8, 4) is 0 Å². The summed E-state index contributed by atoms with van der Waals surface area (Å²) in [5.74, 6) is -0.795. The first-order valence-electron chi connectivity index (χ1n) is 14.3.